The number of β-lactam (4-membered cyclic amide) rings is 1. The minimum Gasteiger partial charge on any atom is -0.508 e. The monoisotopic (exact) mass is 521 g/mol. The maximum atomic E-state index is 12.6. The molecule has 1 fully saturated rings. The first-order valence-corrected chi connectivity index (χ1v) is 10.8. The minimum absolute atomic E-state index is 0.0220. The second-order valence-corrected chi connectivity index (χ2v) is 8.54. The van der Waals surface area contributed by atoms with Crippen molar-refractivity contribution in [1.82, 2.24) is 10.2 Å². The van der Waals surface area contributed by atoms with Gasteiger partial charge in [0.25, 0.3) is 5.91 Å². The van der Waals surface area contributed by atoms with Crippen LogP contribution in [0.1, 0.15) is 24.1 Å². The lowest BCUT2D eigenvalue weighted by molar-refractivity contribution is -0.192. The van der Waals surface area contributed by atoms with E-state index in [1.807, 2.05) is 0 Å². The summed E-state index contributed by atoms with van der Waals surface area (Å²) in [6, 6.07) is 2.64. The normalized spacial score (nSPS) is 20.2. The molecule has 0 bridgehead atoms. The summed E-state index contributed by atoms with van der Waals surface area (Å²) in [5.41, 5.74) is 7.56. The zero-order valence-corrected chi connectivity index (χ0v) is 19.1. The second-order valence-electron chi connectivity index (χ2n) is 7.43. The molecule has 2 aliphatic rings. The van der Waals surface area contributed by atoms with Gasteiger partial charge in [-0.25, -0.2) is 9.59 Å². The van der Waals surface area contributed by atoms with Crippen molar-refractivity contribution in [2.45, 2.75) is 37.2 Å². The van der Waals surface area contributed by atoms with Gasteiger partial charge in [0.05, 0.1) is 6.61 Å². The Morgan fingerprint density at radius 3 is 2.43 bits per heavy atom. The molecule has 1 aromatic rings. The number of hydrogen-bond acceptors (Lipinski definition) is 8. The van der Waals surface area contributed by atoms with Crippen molar-refractivity contribution >= 4 is 35.5 Å². The van der Waals surface area contributed by atoms with Gasteiger partial charge in [0.1, 0.15) is 28.9 Å². The summed E-state index contributed by atoms with van der Waals surface area (Å²) in [5.74, 6) is -4.45. The third-order valence-corrected chi connectivity index (χ3v) is 6.37. The molecule has 3 rings (SSSR count). The van der Waals surface area contributed by atoms with E-state index in [-0.39, 0.29) is 18.1 Å². The van der Waals surface area contributed by atoms with Gasteiger partial charge in [0, 0.05) is 18.4 Å². The number of aromatic hydroxyl groups is 1. The number of ether oxygens (including phenoxy) is 1. The maximum absolute atomic E-state index is 12.6. The molecule has 3 atom stereocenters. The zero-order chi connectivity index (χ0) is 26.7. The molecule has 192 valence electrons. The lowest BCUT2D eigenvalue weighted by Gasteiger charge is -2.49. The van der Waals surface area contributed by atoms with Crippen LogP contribution in [0.5, 0.6) is 5.75 Å². The number of nitrogens with one attached hydrogen (secondary N) is 1. The smallest absolute Gasteiger partial charge is 0.490 e. The number of hydrogen-bond donors (Lipinski definition) is 5. The first kappa shape index (κ1) is 27.9. The number of amides is 2. The Morgan fingerprint density at radius 1 is 1.31 bits per heavy atom. The highest BCUT2D eigenvalue weighted by Crippen LogP contribution is 2.40. The Hall–Kier alpha value is -3.30. The molecular weight excluding hydrogens is 499 g/mol. The first-order valence-electron chi connectivity index (χ1n) is 9.75. The molecule has 0 saturated carbocycles. The lowest BCUT2D eigenvalue weighted by Crippen LogP contribution is -2.71. The number of alkyl halides is 3. The Kier molecular flexibility index (Phi) is 8.75. The minimum atomic E-state index is -5.08. The first-order chi connectivity index (χ1) is 16.2. The van der Waals surface area contributed by atoms with E-state index in [0.29, 0.717) is 22.5 Å². The summed E-state index contributed by atoms with van der Waals surface area (Å²) >= 11 is 1.39. The van der Waals surface area contributed by atoms with Crippen LogP contribution in [0.3, 0.4) is 0 Å². The third-order valence-electron chi connectivity index (χ3n) is 4.95. The van der Waals surface area contributed by atoms with Crippen LogP contribution in [0.2, 0.25) is 0 Å². The molecule has 1 aromatic carbocycles. The number of aliphatic carboxylic acids is 2. The standard InChI is InChI=1S/C18H21N3O6S.C2HF3O2/c1-8-7-28-17-13(16(24)21(17)14(8)18(25)26)20-15(23)12(19)9-3-4-11(22)10(5-9)6-27-2;3-2(4,5)1(6)7/h3-5,12-13,17,22H,6-7,19H2,1-2H3,(H,20,23)(H,25,26);(H,6,7). The summed E-state index contributed by atoms with van der Waals surface area (Å²) in [7, 11) is 1.48. The summed E-state index contributed by atoms with van der Waals surface area (Å²) in [4.78, 5) is 46.5. The number of thioether (sulfide) groups is 1. The molecule has 15 heteroatoms. The molecule has 0 radical (unpaired) electrons. The predicted molar refractivity (Wildman–Crippen MR) is 115 cm³/mol. The predicted octanol–water partition coefficient (Wildman–Crippen LogP) is 0.930. The quantitative estimate of drug-likeness (QED) is 0.338. The van der Waals surface area contributed by atoms with E-state index < -0.39 is 47.4 Å². The topological polar surface area (TPSA) is 179 Å². The molecule has 0 aromatic heterocycles. The third kappa shape index (κ3) is 6.23. The largest absolute Gasteiger partial charge is 0.508 e. The van der Waals surface area contributed by atoms with Gasteiger partial charge in [-0.05, 0) is 30.2 Å². The number of carboxylic acid groups (broad SMARTS) is 2. The summed E-state index contributed by atoms with van der Waals surface area (Å²) in [6.45, 7) is 1.83. The zero-order valence-electron chi connectivity index (χ0n) is 18.3. The molecule has 11 nitrogen and oxygen atoms in total. The molecule has 0 spiro atoms. The molecule has 0 aliphatic carbocycles. The number of nitrogens with two attached hydrogens (primary N) is 1. The lowest BCUT2D eigenvalue weighted by atomic mass is 10.0. The summed E-state index contributed by atoms with van der Waals surface area (Å²) < 4.78 is 36.7. The van der Waals surface area contributed by atoms with E-state index in [0.717, 1.165) is 0 Å². The summed E-state index contributed by atoms with van der Waals surface area (Å²) in [5, 5.41) is 28.4. The molecular formula is C20H22F3N3O8S. The number of phenolic OH excluding ortho intramolecular Hbond substituents is 1. The second kappa shape index (κ2) is 11.0. The van der Waals surface area contributed by atoms with Gasteiger partial charge < -0.3 is 31.1 Å². The van der Waals surface area contributed by atoms with Crippen LogP contribution >= 0.6 is 11.8 Å². The number of methoxy groups -OCH3 is 1. The number of carbonyl (C=O) groups is 4. The van der Waals surface area contributed by atoms with Crippen LogP contribution in [-0.2, 0) is 30.5 Å². The Bertz CT molecular complexity index is 1060. The van der Waals surface area contributed by atoms with E-state index in [9.17, 15) is 37.8 Å². The van der Waals surface area contributed by atoms with Crippen molar-refractivity contribution in [2.75, 3.05) is 12.9 Å². The number of nitrogens with zero attached hydrogens (tertiary/aromatic N) is 1. The highest BCUT2D eigenvalue weighted by molar-refractivity contribution is 8.00. The maximum Gasteiger partial charge on any atom is 0.490 e. The van der Waals surface area contributed by atoms with Crippen molar-refractivity contribution in [1.29, 1.82) is 0 Å². The van der Waals surface area contributed by atoms with Gasteiger partial charge >= 0.3 is 18.1 Å². The molecule has 1 saturated heterocycles. The van der Waals surface area contributed by atoms with Crippen LogP contribution in [0.25, 0.3) is 0 Å². The fourth-order valence-electron chi connectivity index (χ4n) is 3.24. The van der Waals surface area contributed by atoms with Crippen molar-refractivity contribution in [3.63, 3.8) is 0 Å². The van der Waals surface area contributed by atoms with Gasteiger partial charge in [0.2, 0.25) is 5.91 Å². The Morgan fingerprint density at radius 2 is 1.91 bits per heavy atom. The molecule has 35 heavy (non-hydrogen) atoms. The fraction of sp³-hybridized carbons (Fsp3) is 0.400. The number of carboxylic acids is 2. The van der Waals surface area contributed by atoms with Crippen LogP contribution < -0.4 is 11.1 Å². The fourth-order valence-corrected chi connectivity index (χ4v) is 4.53. The number of carbonyl (C=O) groups excluding carboxylic acids is 2. The molecule has 2 heterocycles. The van der Waals surface area contributed by atoms with E-state index in [1.54, 1.807) is 13.0 Å². The van der Waals surface area contributed by atoms with Crippen molar-refractivity contribution in [3.8, 4) is 5.75 Å². The molecule has 3 unspecified atom stereocenters. The van der Waals surface area contributed by atoms with Gasteiger partial charge in [-0.15, -0.1) is 11.8 Å². The average Bonchev–Trinajstić information content (AvgIpc) is 2.77. The van der Waals surface area contributed by atoms with E-state index in [2.05, 4.69) is 5.32 Å². The van der Waals surface area contributed by atoms with Crippen LogP contribution in [0.15, 0.2) is 29.5 Å². The van der Waals surface area contributed by atoms with Gasteiger partial charge in [0.15, 0.2) is 0 Å². The highest BCUT2D eigenvalue weighted by atomic mass is 32.2. The summed E-state index contributed by atoms with van der Waals surface area (Å²) in [6.07, 6.45) is -5.08. The van der Waals surface area contributed by atoms with Gasteiger partial charge in [-0.3, -0.25) is 14.5 Å². The van der Waals surface area contributed by atoms with Crippen LogP contribution in [0.4, 0.5) is 13.2 Å². The number of fused-ring (bicyclic) bond motifs is 1. The Labute approximate surface area is 200 Å². The SMILES string of the molecule is COCc1cc(C(N)C(=O)NC2C(=O)N3C(C(=O)O)=C(C)CSC23)ccc1O.O=C(O)C(F)(F)F. The molecule has 2 amide bonds. The van der Waals surface area contributed by atoms with Crippen molar-refractivity contribution in [2.24, 2.45) is 5.73 Å². The number of phenols is 1. The average molecular weight is 521 g/mol. The number of rotatable bonds is 6. The molecule has 2 aliphatic heterocycles. The van der Waals surface area contributed by atoms with Crippen molar-refractivity contribution in [3.05, 3.63) is 40.6 Å². The number of halogens is 3. The van der Waals surface area contributed by atoms with E-state index in [4.69, 9.17) is 20.4 Å². The Balaban J connectivity index is 0.000000540. The molecule has 6 N–H and O–H groups in total. The van der Waals surface area contributed by atoms with E-state index in [1.165, 1.54) is 35.9 Å². The van der Waals surface area contributed by atoms with Gasteiger partial charge in [-0.2, -0.15) is 13.2 Å². The number of benzene rings is 1. The van der Waals surface area contributed by atoms with Crippen LogP contribution in [0, 0.1) is 0 Å². The van der Waals surface area contributed by atoms with Crippen LogP contribution in [-0.4, -0.2) is 74.4 Å². The van der Waals surface area contributed by atoms with Gasteiger partial charge in [-0.1, -0.05) is 6.07 Å². The highest BCUT2D eigenvalue weighted by Gasteiger charge is 2.54. The van der Waals surface area contributed by atoms with Crippen molar-refractivity contribution < 1.29 is 52.4 Å². The van der Waals surface area contributed by atoms with E-state index >= 15 is 0 Å².